The van der Waals surface area contributed by atoms with Crippen molar-refractivity contribution in [3.63, 3.8) is 0 Å². The fraction of sp³-hybridized carbons (Fsp3) is 0.909. The average molecular weight is 321 g/mol. The number of hydrogen-bond acceptors (Lipinski definition) is 1. The van der Waals surface area contributed by atoms with E-state index < -0.39 is 5.60 Å². The van der Waals surface area contributed by atoms with Crippen molar-refractivity contribution in [2.75, 3.05) is 0 Å². The maximum absolute atomic E-state index is 10.1. The van der Waals surface area contributed by atoms with Gasteiger partial charge in [0.25, 0.3) is 0 Å². The molecule has 0 saturated heterocycles. The van der Waals surface area contributed by atoms with Crippen molar-refractivity contribution in [1.29, 1.82) is 0 Å². The first-order valence-electron chi connectivity index (χ1n) is 10.5. The molecule has 0 aromatic carbocycles. The zero-order valence-electron chi connectivity index (χ0n) is 15.7. The summed E-state index contributed by atoms with van der Waals surface area (Å²) in [7, 11) is 0. The van der Waals surface area contributed by atoms with E-state index in [0.717, 1.165) is 32.1 Å². The zero-order chi connectivity index (χ0) is 16.6. The molecule has 1 aliphatic carbocycles. The summed E-state index contributed by atoms with van der Waals surface area (Å²) in [5.74, 6) is 6.31. The Bertz CT molecular complexity index is 317. The Balaban J connectivity index is 1.77. The Morgan fingerprint density at radius 2 is 1.13 bits per heavy atom. The van der Waals surface area contributed by atoms with Crippen LogP contribution in [0.4, 0.5) is 0 Å². The first kappa shape index (κ1) is 20.6. The molecular weight excluding hydrogens is 280 g/mol. The summed E-state index contributed by atoms with van der Waals surface area (Å²) in [5.41, 5.74) is -0.628. The number of rotatable bonds is 13. The van der Waals surface area contributed by atoms with Gasteiger partial charge in [-0.3, -0.25) is 0 Å². The predicted octanol–water partition coefficient (Wildman–Crippen LogP) is 6.78. The largest absolute Gasteiger partial charge is 0.378 e. The van der Waals surface area contributed by atoms with E-state index in [1.807, 2.05) is 0 Å². The lowest BCUT2D eigenvalue weighted by Gasteiger charge is -2.12. The Labute approximate surface area is 145 Å². The monoisotopic (exact) mass is 320 g/mol. The minimum absolute atomic E-state index is 0.628. The van der Waals surface area contributed by atoms with E-state index in [9.17, 15) is 5.11 Å². The van der Waals surface area contributed by atoms with Gasteiger partial charge in [-0.25, -0.2) is 0 Å². The summed E-state index contributed by atoms with van der Waals surface area (Å²) in [6.07, 6.45) is 23.2. The molecule has 0 aliphatic heterocycles. The van der Waals surface area contributed by atoms with Crippen LogP contribution >= 0.6 is 0 Å². The first-order chi connectivity index (χ1) is 11.3. The third-order valence-corrected chi connectivity index (χ3v) is 5.16. The highest BCUT2D eigenvalue weighted by atomic mass is 16.3. The van der Waals surface area contributed by atoms with Gasteiger partial charge in [0.15, 0.2) is 0 Å². The fourth-order valence-electron chi connectivity index (χ4n) is 3.54. The van der Waals surface area contributed by atoms with Gasteiger partial charge in [0.05, 0.1) is 0 Å². The van der Waals surface area contributed by atoms with Crippen LogP contribution in [0.2, 0.25) is 0 Å². The molecule has 1 heteroatoms. The Morgan fingerprint density at radius 3 is 1.61 bits per heavy atom. The summed E-state index contributed by atoms with van der Waals surface area (Å²) >= 11 is 0. The molecule has 0 bridgehead atoms. The van der Waals surface area contributed by atoms with E-state index in [2.05, 4.69) is 18.8 Å². The molecule has 1 nitrogen and oxygen atoms in total. The molecule has 1 rings (SSSR count). The molecule has 1 saturated carbocycles. The molecule has 0 spiro atoms. The van der Waals surface area contributed by atoms with Gasteiger partial charge in [0, 0.05) is 6.42 Å². The van der Waals surface area contributed by atoms with Crippen LogP contribution in [0.15, 0.2) is 0 Å². The third-order valence-electron chi connectivity index (χ3n) is 5.16. The number of hydrogen-bond donors (Lipinski definition) is 1. The normalized spacial score (nSPS) is 16.3. The van der Waals surface area contributed by atoms with Gasteiger partial charge in [-0.2, -0.15) is 0 Å². The molecule has 1 N–H and O–H groups in total. The van der Waals surface area contributed by atoms with E-state index in [-0.39, 0.29) is 0 Å². The zero-order valence-corrected chi connectivity index (χ0v) is 15.7. The summed E-state index contributed by atoms with van der Waals surface area (Å²) in [6, 6.07) is 0. The van der Waals surface area contributed by atoms with Gasteiger partial charge in [-0.05, 0) is 32.1 Å². The van der Waals surface area contributed by atoms with Crippen molar-refractivity contribution in [3.8, 4) is 11.8 Å². The van der Waals surface area contributed by atoms with Crippen molar-refractivity contribution < 1.29 is 5.11 Å². The van der Waals surface area contributed by atoms with Crippen LogP contribution in [0.25, 0.3) is 0 Å². The summed E-state index contributed by atoms with van der Waals surface area (Å²) < 4.78 is 0. The molecular formula is C22H40O. The molecule has 1 fully saturated rings. The van der Waals surface area contributed by atoms with Crippen LogP contribution in [0.3, 0.4) is 0 Å². The standard InChI is InChI=1S/C22H40O/c1-2-3-4-5-6-7-8-9-10-11-12-13-14-15-16-19-22(23)20-17-18-21-22/h23H,2-15,17-18,20-21H2,1H3. The highest BCUT2D eigenvalue weighted by Crippen LogP contribution is 2.28. The maximum Gasteiger partial charge on any atom is 0.125 e. The predicted molar refractivity (Wildman–Crippen MR) is 102 cm³/mol. The van der Waals surface area contributed by atoms with E-state index in [4.69, 9.17) is 0 Å². The van der Waals surface area contributed by atoms with Crippen molar-refractivity contribution >= 4 is 0 Å². The highest BCUT2D eigenvalue weighted by molar-refractivity contribution is 5.15. The van der Waals surface area contributed by atoms with Crippen LogP contribution in [0.1, 0.15) is 122 Å². The third kappa shape index (κ3) is 11.7. The van der Waals surface area contributed by atoms with Gasteiger partial charge in [0.1, 0.15) is 5.60 Å². The van der Waals surface area contributed by atoms with Crippen LogP contribution in [0, 0.1) is 11.8 Å². The summed E-state index contributed by atoms with van der Waals surface area (Å²) in [5, 5.41) is 10.1. The Morgan fingerprint density at radius 1 is 0.696 bits per heavy atom. The van der Waals surface area contributed by atoms with Gasteiger partial charge < -0.3 is 5.11 Å². The van der Waals surface area contributed by atoms with Gasteiger partial charge in [-0.1, -0.05) is 89.9 Å². The van der Waals surface area contributed by atoms with Gasteiger partial charge in [0.2, 0.25) is 0 Å². The lowest BCUT2D eigenvalue weighted by Crippen LogP contribution is -2.20. The molecule has 134 valence electrons. The van der Waals surface area contributed by atoms with E-state index >= 15 is 0 Å². The van der Waals surface area contributed by atoms with Crippen LogP contribution in [0.5, 0.6) is 0 Å². The SMILES string of the molecule is CCCCCCCCCCCCCCCC#CC1(O)CCCC1. The second-order valence-corrected chi connectivity index (χ2v) is 7.53. The summed E-state index contributed by atoms with van der Waals surface area (Å²) in [6.45, 7) is 2.28. The number of aliphatic hydroxyl groups is 1. The lowest BCUT2D eigenvalue weighted by atomic mass is 10.0. The molecule has 1 aliphatic rings. The molecule has 0 unspecified atom stereocenters. The maximum atomic E-state index is 10.1. The minimum Gasteiger partial charge on any atom is -0.378 e. The molecule has 0 aromatic rings. The topological polar surface area (TPSA) is 20.2 Å². The van der Waals surface area contributed by atoms with E-state index in [1.165, 1.54) is 83.5 Å². The second kappa shape index (κ2) is 13.9. The van der Waals surface area contributed by atoms with Crippen LogP contribution in [-0.4, -0.2) is 10.7 Å². The summed E-state index contributed by atoms with van der Waals surface area (Å²) in [4.78, 5) is 0. The first-order valence-corrected chi connectivity index (χ1v) is 10.5. The van der Waals surface area contributed by atoms with Crippen LogP contribution in [-0.2, 0) is 0 Å². The quantitative estimate of drug-likeness (QED) is 0.293. The molecule has 0 amide bonds. The molecule has 23 heavy (non-hydrogen) atoms. The Hall–Kier alpha value is -0.480. The van der Waals surface area contributed by atoms with Crippen molar-refractivity contribution in [1.82, 2.24) is 0 Å². The molecule has 0 aromatic heterocycles. The Kier molecular flexibility index (Phi) is 12.4. The molecule has 0 atom stereocenters. The average Bonchev–Trinajstić information content (AvgIpc) is 2.98. The van der Waals surface area contributed by atoms with Crippen molar-refractivity contribution in [2.45, 2.75) is 128 Å². The van der Waals surface area contributed by atoms with Crippen molar-refractivity contribution in [2.24, 2.45) is 0 Å². The molecule has 0 radical (unpaired) electrons. The van der Waals surface area contributed by atoms with Crippen molar-refractivity contribution in [3.05, 3.63) is 0 Å². The fourth-order valence-corrected chi connectivity index (χ4v) is 3.54. The van der Waals surface area contributed by atoms with Gasteiger partial charge in [-0.15, -0.1) is 5.92 Å². The minimum atomic E-state index is -0.628. The highest BCUT2D eigenvalue weighted by Gasteiger charge is 2.28. The lowest BCUT2D eigenvalue weighted by molar-refractivity contribution is 0.110. The van der Waals surface area contributed by atoms with E-state index in [1.54, 1.807) is 0 Å². The van der Waals surface area contributed by atoms with Crippen LogP contribution < -0.4 is 0 Å². The van der Waals surface area contributed by atoms with Gasteiger partial charge >= 0.3 is 0 Å². The van der Waals surface area contributed by atoms with E-state index in [0.29, 0.717) is 0 Å². The molecule has 0 heterocycles. The smallest absolute Gasteiger partial charge is 0.125 e. The second-order valence-electron chi connectivity index (χ2n) is 7.53. The number of unbranched alkanes of at least 4 members (excludes halogenated alkanes) is 13.